The van der Waals surface area contributed by atoms with E-state index in [4.69, 9.17) is 21.1 Å². The Hall–Kier alpha value is -2.77. The fourth-order valence-electron chi connectivity index (χ4n) is 4.53. The standard InChI is InChI=1S/C28H38ClN3O4/c1-27(2,3)36-26(34)32-20-28(22-10-7-11-23(29)18-22)14-12-24(13-15-28)30-16-17-31-25(33)35-19-21-8-5-4-6-9-21/h4-11,18,24,30H,12-17,19-20H2,1-3H3,(H,31,33)(H,32,34)/t24-,28-. The van der Waals surface area contributed by atoms with Crippen molar-refractivity contribution in [1.82, 2.24) is 16.0 Å². The predicted octanol–water partition coefficient (Wildman–Crippen LogP) is 5.56. The lowest BCUT2D eigenvalue weighted by Crippen LogP contribution is -2.48. The third kappa shape index (κ3) is 9.03. The summed E-state index contributed by atoms with van der Waals surface area (Å²) in [6.07, 6.45) is 2.86. The van der Waals surface area contributed by atoms with Crippen LogP contribution in [0, 0.1) is 0 Å². The highest BCUT2D eigenvalue weighted by atomic mass is 35.5. The van der Waals surface area contributed by atoms with Crippen molar-refractivity contribution in [3.8, 4) is 0 Å². The molecule has 1 saturated carbocycles. The number of hydrogen-bond acceptors (Lipinski definition) is 5. The molecule has 196 valence electrons. The van der Waals surface area contributed by atoms with E-state index >= 15 is 0 Å². The first-order valence-corrected chi connectivity index (χ1v) is 12.9. The Labute approximate surface area is 219 Å². The quantitative estimate of drug-likeness (QED) is 0.380. The van der Waals surface area contributed by atoms with E-state index in [-0.39, 0.29) is 12.0 Å². The second kappa shape index (κ2) is 13.0. The lowest BCUT2D eigenvalue weighted by atomic mass is 9.68. The molecule has 0 aromatic heterocycles. The van der Waals surface area contributed by atoms with Crippen LogP contribution in [0.1, 0.15) is 57.6 Å². The first-order valence-electron chi connectivity index (χ1n) is 12.6. The summed E-state index contributed by atoms with van der Waals surface area (Å²) in [5, 5.41) is 10.0. The maximum Gasteiger partial charge on any atom is 0.407 e. The lowest BCUT2D eigenvalue weighted by Gasteiger charge is -2.41. The molecule has 36 heavy (non-hydrogen) atoms. The van der Waals surface area contributed by atoms with Crippen molar-refractivity contribution in [1.29, 1.82) is 0 Å². The summed E-state index contributed by atoms with van der Waals surface area (Å²) in [7, 11) is 0. The third-order valence-electron chi connectivity index (χ3n) is 6.39. The molecule has 0 atom stereocenters. The molecule has 0 unspecified atom stereocenters. The second-order valence-corrected chi connectivity index (χ2v) is 10.8. The molecule has 3 rings (SSSR count). The second-order valence-electron chi connectivity index (χ2n) is 10.4. The Balaban J connectivity index is 1.45. The van der Waals surface area contributed by atoms with E-state index in [1.807, 2.05) is 69.3 Å². The van der Waals surface area contributed by atoms with E-state index in [0.29, 0.717) is 30.7 Å². The summed E-state index contributed by atoms with van der Waals surface area (Å²) in [5.41, 5.74) is 1.33. The molecule has 1 fully saturated rings. The molecule has 1 aliphatic rings. The van der Waals surface area contributed by atoms with E-state index in [0.717, 1.165) is 36.8 Å². The van der Waals surface area contributed by atoms with Crippen molar-refractivity contribution < 1.29 is 19.1 Å². The molecule has 2 aromatic rings. The topological polar surface area (TPSA) is 88.7 Å². The Kier molecular flexibility index (Phi) is 10.0. The number of carbonyl (C=O) groups is 2. The number of amides is 2. The molecular formula is C28H38ClN3O4. The van der Waals surface area contributed by atoms with Crippen LogP contribution >= 0.6 is 11.6 Å². The normalized spacial score (nSPS) is 19.8. The summed E-state index contributed by atoms with van der Waals surface area (Å²) in [6.45, 7) is 7.46. The van der Waals surface area contributed by atoms with Crippen LogP contribution in [0.15, 0.2) is 54.6 Å². The molecule has 0 bridgehead atoms. The van der Waals surface area contributed by atoms with Crippen LogP contribution in [-0.4, -0.2) is 43.5 Å². The number of carbonyl (C=O) groups excluding carboxylic acids is 2. The van der Waals surface area contributed by atoms with Crippen LogP contribution < -0.4 is 16.0 Å². The number of alkyl carbamates (subject to hydrolysis) is 2. The van der Waals surface area contributed by atoms with Gasteiger partial charge in [0.2, 0.25) is 0 Å². The molecule has 8 heteroatoms. The van der Waals surface area contributed by atoms with Crippen molar-refractivity contribution in [3.05, 3.63) is 70.7 Å². The van der Waals surface area contributed by atoms with E-state index < -0.39 is 17.8 Å². The Morgan fingerprint density at radius 3 is 2.36 bits per heavy atom. The smallest absolute Gasteiger partial charge is 0.407 e. The van der Waals surface area contributed by atoms with E-state index in [1.54, 1.807) is 0 Å². The van der Waals surface area contributed by atoms with Crippen LogP contribution in [0.4, 0.5) is 9.59 Å². The van der Waals surface area contributed by atoms with Gasteiger partial charge in [0.05, 0.1) is 0 Å². The van der Waals surface area contributed by atoms with Crippen LogP contribution in [0.2, 0.25) is 5.02 Å². The lowest BCUT2D eigenvalue weighted by molar-refractivity contribution is 0.0505. The van der Waals surface area contributed by atoms with E-state index in [9.17, 15) is 9.59 Å². The van der Waals surface area contributed by atoms with Crippen LogP contribution in [-0.2, 0) is 21.5 Å². The van der Waals surface area contributed by atoms with Crippen molar-refractivity contribution in [2.75, 3.05) is 19.6 Å². The maximum atomic E-state index is 12.3. The van der Waals surface area contributed by atoms with Crippen molar-refractivity contribution in [3.63, 3.8) is 0 Å². The highest BCUT2D eigenvalue weighted by molar-refractivity contribution is 6.30. The summed E-state index contributed by atoms with van der Waals surface area (Å²) in [6, 6.07) is 17.8. The van der Waals surface area contributed by atoms with Gasteiger partial charge in [-0.25, -0.2) is 9.59 Å². The SMILES string of the molecule is CC(C)(C)OC(=O)NC[C@]1(c2cccc(Cl)c2)CC[C@H](NCCNC(=O)OCc2ccccc2)CC1. The Morgan fingerprint density at radius 2 is 1.69 bits per heavy atom. The van der Waals surface area contributed by atoms with E-state index in [1.165, 1.54) is 0 Å². The summed E-state index contributed by atoms with van der Waals surface area (Å²) in [4.78, 5) is 24.3. The average molecular weight is 516 g/mol. The molecule has 2 amide bonds. The number of nitrogens with one attached hydrogen (secondary N) is 3. The summed E-state index contributed by atoms with van der Waals surface area (Å²) < 4.78 is 10.7. The van der Waals surface area contributed by atoms with Crippen LogP contribution in [0.5, 0.6) is 0 Å². The first-order chi connectivity index (χ1) is 17.2. The molecule has 7 nitrogen and oxygen atoms in total. The van der Waals surface area contributed by atoms with Gasteiger partial charge in [0.15, 0.2) is 0 Å². The number of benzene rings is 2. The van der Waals surface area contributed by atoms with Gasteiger partial charge in [0, 0.05) is 36.1 Å². The number of halogens is 1. The average Bonchev–Trinajstić information content (AvgIpc) is 2.84. The highest BCUT2D eigenvalue weighted by Crippen LogP contribution is 2.40. The molecule has 3 N–H and O–H groups in total. The minimum absolute atomic E-state index is 0.209. The van der Waals surface area contributed by atoms with Gasteiger partial charge >= 0.3 is 12.2 Å². The molecule has 0 aliphatic heterocycles. The number of ether oxygens (including phenoxy) is 2. The Morgan fingerprint density at radius 1 is 0.972 bits per heavy atom. The van der Waals surface area contributed by atoms with E-state index in [2.05, 4.69) is 22.0 Å². The van der Waals surface area contributed by atoms with Gasteiger partial charge in [0.25, 0.3) is 0 Å². The molecule has 0 radical (unpaired) electrons. The summed E-state index contributed by atoms with van der Waals surface area (Å²) >= 11 is 6.30. The zero-order valence-corrected chi connectivity index (χ0v) is 22.2. The van der Waals surface area contributed by atoms with Crippen molar-refractivity contribution in [2.45, 2.75) is 70.1 Å². The molecule has 2 aromatic carbocycles. The molecule has 1 aliphatic carbocycles. The fourth-order valence-corrected chi connectivity index (χ4v) is 4.72. The Bertz CT molecular complexity index is 986. The van der Waals surface area contributed by atoms with Gasteiger partial charge in [-0.1, -0.05) is 54.1 Å². The van der Waals surface area contributed by atoms with Crippen LogP contribution in [0.3, 0.4) is 0 Å². The summed E-state index contributed by atoms with van der Waals surface area (Å²) in [5.74, 6) is 0. The van der Waals surface area contributed by atoms with Gasteiger partial charge < -0.3 is 25.4 Å². The zero-order chi connectivity index (χ0) is 26.0. The van der Waals surface area contributed by atoms with Crippen LogP contribution in [0.25, 0.3) is 0 Å². The fraction of sp³-hybridized carbons (Fsp3) is 0.500. The number of hydrogen-bond donors (Lipinski definition) is 3. The predicted molar refractivity (Wildman–Crippen MR) is 142 cm³/mol. The highest BCUT2D eigenvalue weighted by Gasteiger charge is 2.37. The molecule has 0 spiro atoms. The van der Waals surface area contributed by atoms with Gasteiger partial charge in [-0.05, 0) is 69.7 Å². The van der Waals surface area contributed by atoms with Crippen molar-refractivity contribution in [2.24, 2.45) is 0 Å². The van der Waals surface area contributed by atoms with Gasteiger partial charge in [-0.15, -0.1) is 0 Å². The largest absolute Gasteiger partial charge is 0.445 e. The monoisotopic (exact) mass is 515 g/mol. The minimum Gasteiger partial charge on any atom is -0.445 e. The van der Waals surface area contributed by atoms with Gasteiger partial charge in [-0.3, -0.25) is 0 Å². The third-order valence-corrected chi connectivity index (χ3v) is 6.62. The number of rotatable bonds is 9. The van der Waals surface area contributed by atoms with Gasteiger partial charge in [-0.2, -0.15) is 0 Å². The molecule has 0 saturated heterocycles. The molecular weight excluding hydrogens is 478 g/mol. The zero-order valence-electron chi connectivity index (χ0n) is 21.4. The van der Waals surface area contributed by atoms with Crippen molar-refractivity contribution >= 4 is 23.8 Å². The maximum absolute atomic E-state index is 12.3. The van der Waals surface area contributed by atoms with Gasteiger partial charge in [0.1, 0.15) is 12.2 Å². The molecule has 0 heterocycles. The minimum atomic E-state index is -0.545. The first kappa shape index (κ1) is 27.8.